The average Bonchev–Trinajstić information content (AvgIpc) is 2.80. The fourth-order valence-electron chi connectivity index (χ4n) is 5.48. The number of benzene rings is 1. The predicted octanol–water partition coefficient (Wildman–Crippen LogP) is 3.43. The third-order valence-electron chi connectivity index (χ3n) is 7.72. The van der Waals surface area contributed by atoms with Gasteiger partial charge in [0, 0.05) is 18.2 Å². The van der Waals surface area contributed by atoms with Gasteiger partial charge >= 0.3 is 0 Å². The van der Waals surface area contributed by atoms with Crippen molar-refractivity contribution in [1.29, 1.82) is 0 Å². The Morgan fingerprint density at radius 1 is 1.09 bits per heavy atom. The molecule has 33 heavy (non-hydrogen) atoms. The molecule has 0 radical (unpaired) electrons. The molecule has 5 rings (SSSR count). The Balaban J connectivity index is 1.63. The lowest BCUT2D eigenvalue weighted by Crippen LogP contribution is -2.60. The molecular weight excluding hydrogens is 440 g/mol. The number of hydrogen-bond acceptors (Lipinski definition) is 5. The van der Waals surface area contributed by atoms with Gasteiger partial charge in [-0.2, -0.15) is 0 Å². The van der Waals surface area contributed by atoms with Crippen LogP contribution in [0.3, 0.4) is 0 Å². The van der Waals surface area contributed by atoms with Crippen molar-refractivity contribution >= 4 is 15.9 Å². The van der Waals surface area contributed by atoms with Crippen LogP contribution in [0.25, 0.3) is 0 Å². The Kier molecular flexibility index (Phi) is 7.36. The lowest BCUT2D eigenvalue weighted by Gasteiger charge is -2.42. The Bertz CT molecular complexity index is 969. The molecule has 2 atom stereocenters. The molecule has 1 aromatic carbocycles. The molecule has 184 valence electrons. The van der Waals surface area contributed by atoms with E-state index in [2.05, 4.69) is 24.6 Å². The summed E-state index contributed by atoms with van der Waals surface area (Å²) < 4.78 is 40.6. The largest absolute Gasteiger partial charge is 0.483 e. The standard InChI is InChI=1S/C25H38N2O5S/c1-16(2)33(29,30)26-21-6-5-13-27-22(21)14-31-20-10-8-19(9-11-20)25-18(4)17(3)7-12-23(25)32-15-24(27)28/h7,12,16,19-22,26H,5-6,8-11,13-15H2,1-4H3/t19-,20+,21-,22-/m0/s1. The first kappa shape index (κ1) is 24.5. The summed E-state index contributed by atoms with van der Waals surface area (Å²) in [5.74, 6) is 1.09. The first-order chi connectivity index (χ1) is 15.7. The van der Waals surface area contributed by atoms with Gasteiger partial charge in [0.1, 0.15) is 5.75 Å². The van der Waals surface area contributed by atoms with Gasteiger partial charge in [-0.1, -0.05) is 6.07 Å². The zero-order chi connectivity index (χ0) is 23.8. The molecule has 1 amide bonds. The Morgan fingerprint density at radius 3 is 2.52 bits per heavy atom. The van der Waals surface area contributed by atoms with Gasteiger partial charge in [-0.3, -0.25) is 4.79 Å². The Hall–Kier alpha value is -1.64. The van der Waals surface area contributed by atoms with E-state index in [1.165, 1.54) is 16.7 Å². The number of aryl methyl sites for hydroxylation is 1. The van der Waals surface area contributed by atoms with Crippen molar-refractivity contribution in [2.45, 2.75) is 95.6 Å². The molecule has 3 heterocycles. The number of ether oxygens (including phenoxy) is 2. The summed E-state index contributed by atoms with van der Waals surface area (Å²) in [5, 5.41) is -0.527. The second-order valence-electron chi connectivity index (χ2n) is 10.1. The van der Waals surface area contributed by atoms with Gasteiger partial charge < -0.3 is 14.4 Å². The van der Waals surface area contributed by atoms with Crippen LogP contribution in [0.15, 0.2) is 12.1 Å². The van der Waals surface area contributed by atoms with Crippen LogP contribution in [0.2, 0.25) is 0 Å². The Morgan fingerprint density at radius 2 is 1.82 bits per heavy atom. The van der Waals surface area contributed by atoms with Crippen molar-refractivity contribution in [2.75, 3.05) is 19.8 Å². The fourth-order valence-corrected chi connectivity index (χ4v) is 6.45. The van der Waals surface area contributed by atoms with E-state index in [4.69, 9.17) is 9.47 Å². The molecule has 2 fully saturated rings. The highest BCUT2D eigenvalue weighted by atomic mass is 32.2. The van der Waals surface area contributed by atoms with Crippen molar-refractivity contribution in [1.82, 2.24) is 9.62 Å². The zero-order valence-electron chi connectivity index (χ0n) is 20.3. The van der Waals surface area contributed by atoms with Gasteiger partial charge in [0.05, 0.1) is 24.0 Å². The highest BCUT2D eigenvalue weighted by Crippen LogP contribution is 2.41. The molecule has 0 spiro atoms. The number of fused-ring (bicyclic) bond motifs is 5. The van der Waals surface area contributed by atoms with Crippen LogP contribution in [0, 0.1) is 13.8 Å². The average molecular weight is 479 g/mol. The van der Waals surface area contributed by atoms with E-state index in [0.717, 1.165) is 37.9 Å². The molecule has 0 unspecified atom stereocenters. The molecule has 8 heteroatoms. The minimum absolute atomic E-state index is 0.0498. The first-order valence-electron chi connectivity index (χ1n) is 12.3. The Labute approximate surface area is 198 Å². The smallest absolute Gasteiger partial charge is 0.260 e. The predicted molar refractivity (Wildman–Crippen MR) is 128 cm³/mol. The summed E-state index contributed by atoms with van der Waals surface area (Å²) in [6.45, 7) is 8.48. The summed E-state index contributed by atoms with van der Waals surface area (Å²) in [7, 11) is -3.46. The van der Waals surface area contributed by atoms with Gasteiger partial charge in [0.25, 0.3) is 5.91 Å². The van der Waals surface area contributed by atoms with Gasteiger partial charge in [-0.15, -0.1) is 0 Å². The van der Waals surface area contributed by atoms with E-state index in [1.54, 1.807) is 18.7 Å². The van der Waals surface area contributed by atoms with Crippen molar-refractivity contribution in [3.8, 4) is 5.75 Å². The highest BCUT2D eigenvalue weighted by molar-refractivity contribution is 7.90. The molecule has 7 nitrogen and oxygen atoms in total. The van der Waals surface area contributed by atoms with E-state index in [0.29, 0.717) is 25.5 Å². The van der Waals surface area contributed by atoms with Gasteiger partial charge in [0.15, 0.2) is 6.61 Å². The molecule has 3 aliphatic heterocycles. The summed E-state index contributed by atoms with van der Waals surface area (Å²) in [4.78, 5) is 15.1. The number of amides is 1. The molecular formula is C25H38N2O5S. The van der Waals surface area contributed by atoms with Gasteiger partial charge in [0.2, 0.25) is 10.0 Å². The number of sulfonamides is 1. The SMILES string of the molecule is Cc1ccc2c(c1C)[C@H]1CC[C@H](CC1)OC[C@H]1[C@@H](NS(=O)(=O)C(C)C)CCCN1C(=O)CO2. The third kappa shape index (κ3) is 5.23. The van der Waals surface area contributed by atoms with Crippen molar-refractivity contribution in [2.24, 2.45) is 0 Å². The molecule has 1 aromatic rings. The van der Waals surface area contributed by atoms with Crippen molar-refractivity contribution in [3.63, 3.8) is 0 Å². The zero-order valence-corrected chi connectivity index (χ0v) is 21.1. The fraction of sp³-hybridized carbons (Fsp3) is 0.720. The lowest BCUT2D eigenvalue weighted by atomic mass is 9.80. The summed E-state index contributed by atoms with van der Waals surface area (Å²) >= 11 is 0. The number of piperidine rings is 1. The van der Waals surface area contributed by atoms with E-state index < -0.39 is 15.3 Å². The molecule has 1 aliphatic carbocycles. The first-order valence-corrected chi connectivity index (χ1v) is 13.9. The number of carbonyl (C=O) groups excluding carboxylic acids is 1. The molecule has 1 saturated heterocycles. The van der Waals surface area contributed by atoms with E-state index >= 15 is 0 Å². The van der Waals surface area contributed by atoms with E-state index in [-0.39, 0.29) is 30.7 Å². The molecule has 2 bridgehead atoms. The van der Waals surface area contributed by atoms with E-state index in [9.17, 15) is 13.2 Å². The molecule has 4 aliphatic rings. The second-order valence-corrected chi connectivity index (χ2v) is 12.4. The van der Waals surface area contributed by atoms with Crippen LogP contribution in [-0.2, 0) is 19.6 Å². The van der Waals surface area contributed by atoms with Crippen molar-refractivity contribution in [3.05, 3.63) is 28.8 Å². The van der Waals surface area contributed by atoms with Gasteiger partial charge in [-0.25, -0.2) is 13.1 Å². The third-order valence-corrected chi connectivity index (χ3v) is 9.59. The van der Waals surface area contributed by atoms with Crippen LogP contribution in [0.5, 0.6) is 5.75 Å². The second kappa shape index (κ2) is 9.92. The van der Waals surface area contributed by atoms with Crippen LogP contribution >= 0.6 is 0 Å². The van der Waals surface area contributed by atoms with Gasteiger partial charge in [-0.05, 0) is 89.3 Å². The number of nitrogens with zero attached hydrogens (tertiary/aromatic N) is 1. The number of nitrogens with one attached hydrogen (secondary N) is 1. The number of carbonyl (C=O) groups is 1. The lowest BCUT2D eigenvalue weighted by molar-refractivity contribution is -0.140. The minimum atomic E-state index is -3.46. The van der Waals surface area contributed by atoms with Crippen LogP contribution in [0.1, 0.15) is 75.0 Å². The summed E-state index contributed by atoms with van der Waals surface area (Å²) in [6, 6.07) is 3.38. The molecule has 1 saturated carbocycles. The van der Waals surface area contributed by atoms with Crippen LogP contribution in [-0.4, -0.2) is 62.4 Å². The molecule has 0 aromatic heterocycles. The number of rotatable bonds is 3. The summed E-state index contributed by atoms with van der Waals surface area (Å²) in [5.41, 5.74) is 3.72. The minimum Gasteiger partial charge on any atom is -0.483 e. The maximum atomic E-state index is 13.3. The normalized spacial score (nSPS) is 28.9. The van der Waals surface area contributed by atoms with Crippen molar-refractivity contribution < 1.29 is 22.7 Å². The number of hydrogen-bond donors (Lipinski definition) is 1. The molecule has 1 N–H and O–H groups in total. The maximum Gasteiger partial charge on any atom is 0.260 e. The van der Waals surface area contributed by atoms with E-state index in [1.807, 2.05) is 6.07 Å². The summed E-state index contributed by atoms with van der Waals surface area (Å²) in [6.07, 6.45) is 5.54. The highest BCUT2D eigenvalue weighted by Gasteiger charge is 2.38. The monoisotopic (exact) mass is 478 g/mol. The van der Waals surface area contributed by atoms with Crippen LogP contribution in [0.4, 0.5) is 0 Å². The quantitative estimate of drug-likeness (QED) is 0.720. The maximum absolute atomic E-state index is 13.3. The topological polar surface area (TPSA) is 84.9 Å². The van der Waals surface area contributed by atoms with Crippen LogP contribution < -0.4 is 9.46 Å².